The quantitative estimate of drug-likeness (QED) is 0.119. The van der Waals surface area contributed by atoms with Crippen LogP contribution in [0.15, 0.2) is 78.9 Å². The Labute approximate surface area is 284 Å². The number of rotatable bonds is 12. The summed E-state index contributed by atoms with van der Waals surface area (Å²) in [7, 11) is 0. The Morgan fingerprint density at radius 2 is 1.49 bits per heavy atom. The highest BCUT2D eigenvalue weighted by Crippen LogP contribution is 2.48. The lowest BCUT2D eigenvalue weighted by Crippen LogP contribution is -2.54. The summed E-state index contributed by atoms with van der Waals surface area (Å²) in [6.45, 7) is 1.72. The number of nitrogens with one attached hydrogen (secondary N) is 5. The topological polar surface area (TPSA) is 159 Å². The smallest absolute Gasteiger partial charge is 0.422 e. The minimum absolute atomic E-state index is 0.00498. The summed E-state index contributed by atoms with van der Waals surface area (Å²) < 4.78 is 43.5. The molecule has 1 aromatic heterocycles. The van der Waals surface area contributed by atoms with Crippen LogP contribution >= 0.6 is 11.6 Å². The second kappa shape index (κ2) is 14.4. The van der Waals surface area contributed by atoms with Gasteiger partial charge in [0, 0.05) is 28.5 Å². The van der Waals surface area contributed by atoms with Gasteiger partial charge in [0.05, 0.1) is 11.1 Å². The summed E-state index contributed by atoms with van der Waals surface area (Å²) in [6, 6.07) is 21.3. The van der Waals surface area contributed by atoms with E-state index < -0.39 is 47.6 Å². The van der Waals surface area contributed by atoms with Crippen molar-refractivity contribution < 1.29 is 32.3 Å². The highest BCUT2D eigenvalue weighted by Gasteiger charge is 2.45. The molecule has 4 aromatic rings. The van der Waals surface area contributed by atoms with Gasteiger partial charge in [-0.3, -0.25) is 14.4 Å². The number of ether oxygens (including phenoxy) is 1. The molecular weight excluding hydrogens is 665 g/mol. The van der Waals surface area contributed by atoms with Gasteiger partial charge >= 0.3 is 24.0 Å². The van der Waals surface area contributed by atoms with E-state index in [9.17, 15) is 27.6 Å². The molecule has 3 aromatic carbocycles. The van der Waals surface area contributed by atoms with Crippen molar-refractivity contribution in [3.8, 4) is 6.01 Å². The first-order chi connectivity index (χ1) is 23.2. The molecule has 0 spiro atoms. The van der Waals surface area contributed by atoms with Gasteiger partial charge in [-0.05, 0) is 80.8 Å². The summed E-state index contributed by atoms with van der Waals surface area (Å²) in [6.07, 6.45) is -3.14. The van der Waals surface area contributed by atoms with E-state index in [1.807, 2.05) is 12.1 Å². The van der Waals surface area contributed by atoms with E-state index in [2.05, 4.69) is 41.5 Å². The lowest BCUT2D eigenvalue weighted by atomic mass is 10.1. The normalized spacial score (nSPS) is 13.5. The van der Waals surface area contributed by atoms with Crippen molar-refractivity contribution in [3.05, 3.63) is 95.0 Å². The zero-order valence-electron chi connectivity index (χ0n) is 26.3. The second-order valence-electron chi connectivity index (χ2n) is 11.9. The third-order valence-corrected chi connectivity index (χ3v) is 7.51. The van der Waals surface area contributed by atoms with E-state index in [0.717, 1.165) is 18.4 Å². The molecule has 5 rings (SSSR count). The molecule has 1 fully saturated rings. The van der Waals surface area contributed by atoms with Crippen molar-refractivity contribution in [3.63, 3.8) is 0 Å². The number of hydrogen-bond donors (Lipinski definition) is 5. The van der Waals surface area contributed by atoms with Crippen LogP contribution in [-0.4, -0.2) is 57.5 Å². The standard InChI is InChI=1S/C33H32ClF3N8O4/c1-31(2,44-27(48)26(47)39-23-6-4-3-5-7-23)18-38-25(46)20-8-14-24(15-9-20)40-28-41-29(43-30(42-28)49-19-33(35,36)37)45-32(16-17-32)21-10-12-22(34)13-11-21/h3-15H,16-19H2,1-2H3,(H,38,46)(H,39,47)(H,44,48)(H2,40,41,42,43,45). The van der Waals surface area contributed by atoms with E-state index in [4.69, 9.17) is 16.3 Å². The highest BCUT2D eigenvalue weighted by molar-refractivity contribution is 6.39. The van der Waals surface area contributed by atoms with Crippen molar-refractivity contribution >= 4 is 52.6 Å². The molecule has 0 unspecified atom stereocenters. The first kappa shape index (κ1) is 34.9. The van der Waals surface area contributed by atoms with Gasteiger partial charge < -0.3 is 31.3 Å². The maximum atomic E-state index is 12.9. The SMILES string of the molecule is CC(C)(CNC(=O)c1ccc(Nc2nc(NC3(c4ccc(Cl)cc4)CC3)nc(OCC(F)(F)F)n2)cc1)NC(=O)C(=O)Nc1ccccc1. The Bertz CT molecular complexity index is 1800. The first-order valence-electron chi connectivity index (χ1n) is 15.0. The Morgan fingerprint density at radius 3 is 2.12 bits per heavy atom. The number of aromatic nitrogens is 3. The number of benzene rings is 3. The van der Waals surface area contributed by atoms with Crippen molar-refractivity contribution in [2.75, 3.05) is 29.1 Å². The van der Waals surface area contributed by atoms with Crippen molar-refractivity contribution in [2.24, 2.45) is 0 Å². The summed E-state index contributed by atoms with van der Waals surface area (Å²) in [5.41, 5.74) is 0.594. The van der Waals surface area contributed by atoms with Gasteiger partial charge in [-0.25, -0.2) is 0 Å². The van der Waals surface area contributed by atoms with E-state index in [1.54, 1.807) is 68.4 Å². The number of amides is 3. The van der Waals surface area contributed by atoms with Gasteiger partial charge in [0.2, 0.25) is 11.9 Å². The minimum Gasteiger partial charge on any atom is -0.454 e. The molecule has 16 heteroatoms. The predicted molar refractivity (Wildman–Crippen MR) is 177 cm³/mol. The number of alkyl halides is 3. The van der Waals surface area contributed by atoms with Crippen LogP contribution in [0.3, 0.4) is 0 Å². The number of para-hydroxylation sites is 1. The van der Waals surface area contributed by atoms with Crippen LogP contribution in [0.1, 0.15) is 42.6 Å². The van der Waals surface area contributed by atoms with E-state index >= 15 is 0 Å². The zero-order valence-corrected chi connectivity index (χ0v) is 27.1. The fraction of sp³-hybridized carbons (Fsp3) is 0.273. The van der Waals surface area contributed by atoms with Crippen LogP contribution in [0, 0.1) is 0 Å². The van der Waals surface area contributed by atoms with Gasteiger partial charge in [0.25, 0.3) is 5.91 Å². The number of halogens is 4. The zero-order chi connectivity index (χ0) is 35.2. The number of hydrogen-bond acceptors (Lipinski definition) is 9. The molecule has 1 aliphatic carbocycles. The largest absolute Gasteiger partial charge is 0.454 e. The summed E-state index contributed by atoms with van der Waals surface area (Å²) >= 11 is 6.02. The third-order valence-electron chi connectivity index (χ3n) is 7.26. The molecule has 0 bridgehead atoms. The fourth-order valence-corrected chi connectivity index (χ4v) is 4.75. The van der Waals surface area contributed by atoms with Crippen LogP contribution in [0.5, 0.6) is 6.01 Å². The molecule has 256 valence electrons. The monoisotopic (exact) mass is 696 g/mol. The maximum absolute atomic E-state index is 12.9. The van der Waals surface area contributed by atoms with Crippen LogP contribution in [0.4, 0.5) is 36.4 Å². The summed E-state index contributed by atoms with van der Waals surface area (Å²) in [4.78, 5) is 49.9. The van der Waals surface area contributed by atoms with Crippen LogP contribution < -0.4 is 31.3 Å². The molecule has 0 saturated heterocycles. The number of carbonyl (C=O) groups is 3. The Balaban J connectivity index is 1.21. The molecular formula is C33H32ClF3N8O4. The predicted octanol–water partition coefficient (Wildman–Crippen LogP) is 5.57. The molecule has 5 N–H and O–H groups in total. The molecule has 3 amide bonds. The molecule has 0 radical (unpaired) electrons. The maximum Gasteiger partial charge on any atom is 0.422 e. The lowest BCUT2D eigenvalue weighted by molar-refractivity contribution is -0.154. The molecule has 1 aliphatic rings. The summed E-state index contributed by atoms with van der Waals surface area (Å²) in [5.74, 6) is -2.24. The summed E-state index contributed by atoms with van der Waals surface area (Å²) in [5, 5.41) is 14.5. The Morgan fingerprint density at radius 1 is 0.837 bits per heavy atom. The molecule has 1 saturated carbocycles. The average Bonchev–Trinajstić information content (AvgIpc) is 3.83. The molecule has 0 aliphatic heterocycles. The first-order valence-corrected chi connectivity index (χ1v) is 15.4. The van der Waals surface area contributed by atoms with E-state index in [0.29, 0.717) is 16.4 Å². The number of nitrogens with zero attached hydrogens (tertiary/aromatic N) is 3. The van der Waals surface area contributed by atoms with Gasteiger partial charge in [0.1, 0.15) is 0 Å². The molecule has 12 nitrogen and oxygen atoms in total. The third kappa shape index (κ3) is 10.0. The van der Waals surface area contributed by atoms with Gasteiger partial charge in [0.15, 0.2) is 6.61 Å². The van der Waals surface area contributed by atoms with E-state index in [-0.39, 0.29) is 24.0 Å². The Hall–Kier alpha value is -5.44. The Kier molecular flexibility index (Phi) is 10.2. The molecule has 49 heavy (non-hydrogen) atoms. The average molecular weight is 697 g/mol. The molecule has 1 heterocycles. The van der Waals surface area contributed by atoms with Crippen molar-refractivity contribution in [2.45, 2.75) is 43.9 Å². The number of anilines is 4. The van der Waals surface area contributed by atoms with Crippen molar-refractivity contribution in [1.82, 2.24) is 25.6 Å². The minimum atomic E-state index is -4.61. The van der Waals surface area contributed by atoms with Gasteiger partial charge in [-0.15, -0.1) is 0 Å². The lowest BCUT2D eigenvalue weighted by Gasteiger charge is -2.26. The van der Waals surface area contributed by atoms with Gasteiger partial charge in [-0.1, -0.05) is 41.9 Å². The second-order valence-corrected chi connectivity index (χ2v) is 12.4. The van der Waals surface area contributed by atoms with Crippen LogP contribution in [-0.2, 0) is 15.1 Å². The van der Waals surface area contributed by atoms with E-state index in [1.165, 1.54) is 12.1 Å². The van der Waals surface area contributed by atoms with Crippen LogP contribution in [0.2, 0.25) is 5.02 Å². The van der Waals surface area contributed by atoms with Gasteiger partial charge in [-0.2, -0.15) is 28.1 Å². The molecule has 0 atom stereocenters. The van der Waals surface area contributed by atoms with Crippen LogP contribution in [0.25, 0.3) is 0 Å². The van der Waals surface area contributed by atoms with Crippen molar-refractivity contribution in [1.29, 1.82) is 0 Å². The number of carbonyl (C=O) groups excluding carboxylic acids is 3. The fourth-order valence-electron chi connectivity index (χ4n) is 4.63. The highest BCUT2D eigenvalue weighted by atomic mass is 35.5.